The number of aromatic nitrogens is 6. The first-order valence-electron chi connectivity index (χ1n) is 22.9. The summed E-state index contributed by atoms with van der Waals surface area (Å²) in [5.74, 6) is 1.23. The number of halogens is 1. The molecule has 0 saturated carbocycles. The number of hydrogen-bond donors (Lipinski definition) is 4. The number of carbonyl (C=O) groups excluding carboxylic acids is 2. The summed E-state index contributed by atoms with van der Waals surface area (Å²) >= 11 is 5.89. The standard InChI is InChI=1S/C26H28ClN5O5S.C26H29N5O5S/c1-26(2,3)16-13-17(23(36-5)18(14-16)31-38(6,34)35)29-24(33)19-12-15-8-7-9-20(22(15)32(19)4)37-21-10-11-28-25(27)30-21;1-26(2,3)17-13-18(24(35-5)19(14-17)30-37(6,33)34)29-25(32)20-12-16-8-7-9-21(23(16)31(20)4)36-22-10-11-27-15-28-22/h7-14,31H,1-6H3,(H,29,33);7-15,30H,1-6H3,(H,29,32). The number of anilines is 4. The van der Waals surface area contributed by atoms with Gasteiger partial charge < -0.3 is 38.7 Å². The number of rotatable bonds is 14. The molecule has 4 aromatic heterocycles. The Morgan fingerprint density at radius 1 is 0.587 bits per heavy atom. The highest BCUT2D eigenvalue weighted by Gasteiger charge is 2.26. The SMILES string of the molecule is COc1c(NC(=O)c2cc3cccc(Oc4ccnc(Cl)n4)c3n2C)cc(C(C)(C)C)cc1NS(C)(=O)=O.COc1c(NC(=O)c2cc3cccc(Oc4ccncn4)c3n2C)cc(C(C)(C)C)cc1NS(C)(=O)=O. The molecule has 394 valence electrons. The van der Waals surface area contributed by atoms with Crippen molar-refractivity contribution in [1.82, 2.24) is 29.1 Å². The number of fused-ring (bicyclic) bond motifs is 2. The van der Waals surface area contributed by atoms with Gasteiger partial charge in [-0.3, -0.25) is 19.0 Å². The Balaban J connectivity index is 0.000000219. The largest absolute Gasteiger partial charge is 0.492 e. The lowest BCUT2D eigenvalue weighted by Crippen LogP contribution is -2.19. The van der Waals surface area contributed by atoms with E-state index in [1.54, 1.807) is 96.2 Å². The number of hydrogen-bond acceptors (Lipinski definition) is 14. The van der Waals surface area contributed by atoms with Crippen LogP contribution in [-0.4, -0.2) is 84.5 Å². The predicted octanol–water partition coefficient (Wildman–Crippen LogP) is 10.0. The van der Waals surface area contributed by atoms with Crippen molar-refractivity contribution in [3.63, 3.8) is 0 Å². The summed E-state index contributed by atoms with van der Waals surface area (Å²) in [5, 5.41) is 7.42. The minimum Gasteiger partial charge on any atom is -0.492 e. The van der Waals surface area contributed by atoms with Gasteiger partial charge in [0.25, 0.3) is 11.8 Å². The van der Waals surface area contributed by atoms with Crippen LogP contribution in [-0.2, 0) is 45.0 Å². The average molecular weight is 1080 g/mol. The molecule has 0 atom stereocenters. The van der Waals surface area contributed by atoms with Crippen molar-refractivity contribution in [3.8, 4) is 34.8 Å². The highest BCUT2D eigenvalue weighted by molar-refractivity contribution is 7.92. The summed E-state index contributed by atoms with van der Waals surface area (Å²) in [6, 6.07) is 24.6. The van der Waals surface area contributed by atoms with Gasteiger partial charge in [-0.15, -0.1) is 0 Å². The van der Waals surface area contributed by atoms with Crippen LogP contribution in [0.15, 0.2) is 104 Å². The number of amides is 2. The molecule has 75 heavy (non-hydrogen) atoms. The fourth-order valence-corrected chi connectivity index (χ4v) is 9.21. The van der Waals surface area contributed by atoms with Crippen molar-refractivity contribution in [2.45, 2.75) is 52.4 Å². The van der Waals surface area contributed by atoms with Gasteiger partial charge in [-0.1, -0.05) is 65.8 Å². The Bertz CT molecular complexity index is 3700. The first kappa shape index (κ1) is 54.8. The van der Waals surface area contributed by atoms with E-state index in [9.17, 15) is 26.4 Å². The molecule has 0 aliphatic heterocycles. The van der Waals surface area contributed by atoms with Crippen molar-refractivity contribution < 1.29 is 45.4 Å². The molecule has 4 N–H and O–H groups in total. The Labute approximate surface area is 439 Å². The van der Waals surface area contributed by atoms with Crippen LogP contribution in [0.1, 0.15) is 73.6 Å². The zero-order valence-electron chi connectivity index (χ0n) is 43.3. The summed E-state index contributed by atoms with van der Waals surface area (Å²) < 4.78 is 79.4. The zero-order valence-corrected chi connectivity index (χ0v) is 45.7. The van der Waals surface area contributed by atoms with Crippen LogP contribution >= 0.6 is 11.6 Å². The molecule has 0 aliphatic carbocycles. The quantitative estimate of drug-likeness (QED) is 0.0740. The van der Waals surface area contributed by atoms with Gasteiger partial charge in [-0.25, -0.2) is 31.8 Å². The second-order valence-electron chi connectivity index (χ2n) is 19.3. The topological polar surface area (TPSA) is 249 Å². The Morgan fingerprint density at radius 3 is 1.40 bits per heavy atom. The van der Waals surface area contributed by atoms with Crippen LogP contribution in [0, 0.1) is 0 Å². The molecule has 2 amide bonds. The van der Waals surface area contributed by atoms with E-state index in [0.717, 1.165) is 34.4 Å². The Hall–Kier alpha value is -7.95. The zero-order chi connectivity index (χ0) is 54.8. The van der Waals surface area contributed by atoms with Crippen LogP contribution in [0.5, 0.6) is 34.8 Å². The Kier molecular flexibility index (Phi) is 15.7. The maximum Gasteiger partial charge on any atom is 0.272 e. The van der Waals surface area contributed by atoms with E-state index in [1.807, 2.05) is 59.7 Å². The summed E-state index contributed by atoms with van der Waals surface area (Å²) in [4.78, 5) is 43.0. The highest BCUT2D eigenvalue weighted by Crippen LogP contribution is 2.42. The van der Waals surface area contributed by atoms with Gasteiger partial charge in [0.05, 0.1) is 60.5 Å². The maximum atomic E-state index is 13.5. The van der Waals surface area contributed by atoms with Crippen molar-refractivity contribution >= 4 is 88.0 Å². The minimum absolute atomic E-state index is 0.0535. The molecule has 0 fully saturated rings. The van der Waals surface area contributed by atoms with Gasteiger partial charge in [0.2, 0.25) is 37.1 Å². The van der Waals surface area contributed by atoms with Gasteiger partial charge in [0.15, 0.2) is 23.0 Å². The molecule has 0 radical (unpaired) electrons. The van der Waals surface area contributed by atoms with Crippen molar-refractivity contribution in [2.24, 2.45) is 14.1 Å². The van der Waals surface area contributed by atoms with E-state index in [2.05, 4.69) is 40.0 Å². The third kappa shape index (κ3) is 13.1. The van der Waals surface area contributed by atoms with Crippen LogP contribution in [0.4, 0.5) is 22.7 Å². The van der Waals surface area contributed by atoms with Gasteiger partial charge in [0.1, 0.15) is 17.7 Å². The molecule has 8 rings (SSSR count). The molecule has 20 nitrogen and oxygen atoms in total. The number of aryl methyl sites for hydroxylation is 2. The van der Waals surface area contributed by atoms with E-state index >= 15 is 0 Å². The minimum atomic E-state index is -3.60. The third-order valence-corrected chi connectivity index (χ3v) is 12.9. The smallest absolute Gasteiger partial charge is 0.272 e. The molecule has 23 heteroatoms. The molecule has 4 heterocycles. The third-order valence-electron chi connectivity index (χ3n) is 11.5. The van der Waals surface area contributed by atoms with Crippen LogP contribution < -0.4 is 39.0 Å². The monoisotopic (exact) mass is 1080 g/mol. The van der Waals surface area contributed by atoms with Crippen LogP contribution in [0.3, 0.4) is 0 Å². The van der Waals surface area contributed by atoms with Gasteiger partial charge in [-0.2, -0.15) is 4.98 Å². The van der Waals surface area contributed by atoms with Crippen molar-refractivity contribution in [3.05, 3.63) is 131 Å². The lowest BCUT2D eigenvalue weighted by molar-refractivity contribution is 0.101. The first-order valence-corrected chi connectivity index (χ1v) is 27.1. The van der Waals surface area contributed by atoms with Crippen LogP contribution in [0.2, 0.25) is 5.28 Å². The van der Waals surface area contributed by atoms with Gasteiger partial charge in [0, 0.05) is 49.4 Å². The normalized spacial score (nSPS) is 11.9. The summed E-state index contributed by atoms with van der Waals surface area (Å²) in [6.07, 6.45) is 6.58. The molecule has 4 aromatic carbocycles. The molecule has 8 aromatic rings. The Morgan fingerprint density at radius 2 is 1.01 bits per heavy atom. The maximum absolute atomic E-state index is 13.5. The number of sulfonamides is 2. The van der Waals surface area contributed by atoms with E-state index in [0.29, 0.717) is 51.2 Å². The lowest BCUT2D eigenvalue weighted by Gasteiger charge is -2.24. The number of para-hydroxylation sites is 2. The van der Waals surface area contributed by atoms with Crippen molar-refractivity contribution in [1.29, 1.82) is 0 Å². The number of nitrogens with zero attached hydrogens (tertiary/aromatic N) is 6. The van der Waals surface area contributed by atoms with E-state index in [4.69, 9.17) is 30.5 Å². The molecule has 0 aliphatic rings. The van der Waals surface area contributed by atoms with E-state index in [1.165, 1.54) is 26.7 Å². The summed E-state index contributed by atoms with van der Waals surface area (Å²) in [5.41, 5.74) is 4.18. The van der Waals surface area contributed by atoms with Crippen molar-refractivity contribution in [2.75, 3.05) is 46.8 Å². The molecular formula is C52H57ClN10O10S2. The van der Waals surface area contributed by atoms with Crippen LogP contribution in [0.25, 0.3) is 21.8 Å². The second-order valence-corrected chi connectivity index (χ2v) is 23.2. The molecule has 0 spiro atoms. The van der Waals surface area contributed by atoms with Gasteiger partial charge in [-0.05, 0) is 82.1 Å². The van der Waals surface area contributed by atoms with E-state index < -0.39 is 31.9 Å². The predicted molar refractivity (Wildman–Crippen MR) is 291 cm³/mol. The fraction of sp³-hybridized carbons (Fsp3) is 0.269. The number of carbonyl (C=O) groups is 2. The fourth-order valence-electron chi connectivity index (χ4n) is 7.97. The molecule has 0 bridgehead atoms. The molecular weight excluding hydrogens is 1020 g/mol. The summed E-state index contributed by atoms with van der Waals surface area (Å²) in [6.45, 7) is 11.9. The number of methoxy groups -OCH3 is 2. The number of ether oxygens (including phenoxy) is 4. The molecule has 0 unspecified atom stereocenters. The number of benzene rings is 4. The summed E-state index contributed by atoms with van der Waals surface area (Å²) in [7, 11) is -0.854. The van der Waals surface area contributed by atoms with E-state index in [-0.39, 0.29) is 44.9 Å². The highest BCUT2D eigenvalue weighted by atomic mass is 35.5. The molecule has 0 saturated heterocycles. The number of nitrogens with one attached hydrogen (secondary N) is 4. The lowest BCUT2D eigenvalue weighted by atomic mass is 9.86. The first-order chi connectivity index (χ1) is 35.1. The second kappa shape index (κ2) is 21.5. The van der Waals surface area contributed by atoms with Gasteiger partial charge >= 0.3 is 0 Å². The average Bonchev–Trinajstić information content (AvgIpc) is 3.85.